The standard InChI is InChI=1S/C17H35F3N4O.HI/c1-5-9-16(25,10-6-2)13-23-15(21-7-3)22-11-8-12-24(4)14-17(18,19)20;/h25H,5-14H2,1-4H3,(H2,21,22,23);1H. The van der Waals surface area contributed by atoms with E-state index in [1.165, 1.54) is 11.9 Å². The van der Waals surface area contributed by atoms with E-state index in [1.807, 2.05) is 20.8 Å². The summed E-state index contributed by atoms with van der Waals surface area (Å²) in [7, 11) is 1.46. The van der Waals surface area contributed by atoms with Crippen molar-refractivity contribution >= 4 is 29.9 Å². The maximum absolute atomic E-state index is 12.3. The third-order valence-electron chi connectivity index (χ3n) is 3.76. The second-order valence-corrected chi connectivity index (χ2v) is 6.55. The van der Waals surface area contributed by atoms with E-state index >= 15 is 0 Å². The third-order valence-corrected chi connectivity index (χ3v) is 3.76. The normalized spacial score (nSPS) is 12.9. The monoisotopic (exact) mass is 496 g/mol. The summed E-state index contributed by atoms with van der Waals surface area (Å²) in [6.45, 7) is 6.98. The van der Waals surface area contributed by atoms with Crippen molar-refractivity contribution in [2.75, 3.05) is 39.8 Å². The highest BCUT2D eigenvalue weighted by atomic mass is 127. The van der Waals surface area contributed by atoms with Gasteiger partial charge in [0.2, 0.25) is 0 Å². The molecule has 3 N–H and O–H groups in total. The number of aliphatic hydroxyl groups is 1. The molecule has 0 bridgehead atoms. The molecular formula is C17H36F3IN4O. The van der Waals surface area contributed by atoms with Crippen molar-refractivity contribution in [3.63, 3.8) is 0 Å². The SMILES string of the molecule is CCCC(O)(CCC)CN=C(NCC)NCCCN(C)CC(F)(F)F.I. The van der Waals surface area contributed by atoms with Crippen LogP contribution >= 0.6 is 24.0 Å². The van der Waals surface area contributed by atoms with Gasteiger partial charge in [0, 0.05) is 13.1 Å². The minimum Gasteiger partial charge on any atom is -0.388 e. The molecule has 0 heterocycles. The molecule has 0 aromatic carbocycles. The highest BCUT2D eigenvalue weighted by Crippen LogP contribution is 2.19. The third kappa shape index (κ3) is 14.8. The van der Waals surface area contributed by atoms with Gasteiger partial charge in [-0.15, -0.1) is 24.0 Å². The molecule has 9 heteroatoms. The summed E-state index contributed by atoms with van der Waals surface area (Å²) in [5.74, 6) is 0.589. The lowest BCUT2D eigenvalue weighted by Gasteiger charge is -2.26. The first kappa shape index (κ1) is 27.9. The van der Waals surface area contributed by atoms with Crippen LogP contribution in [0.25, 0.3) is 0 Å². The molecule has 0 unspecified atom stereocenters. The molecule has 0 rings (SSSR count). The van der Waals surface area contributed by atoms with Gasteiger partial charge in [-0.1, -0.05) is 26.7 Å². The Morgan fingerprint density at radius 2 is 1.65 bits per heavy atom. The Hall–Kier alpha value is -0.290. The molecule has 0 amide bonds. The summed E-state index contributed by atoms with van der Waals surface area (Å²) in [5.41, 5.74) is -0.793. The van der Waals surface area contributed by atoms with Gasteiger partial charge in [0.15, 0.2) is 5.96 Å². The molecule has 26 heavy (non-hydrogen) atoms. The number of alkyl halides is 3. The van der Waals surface area contributed by atoms with Gasteiger partial charge in [-0.2, -0.15) is 13.2 Å². The van der Waals surface area contributed by atoms with E-state index in [0.717, 1.165) is 12.8 Å². The number of halogens is 4. The fourth-order valence-corrected chi connectivity index (χ4v) is 2.72. The lowest BCUT2D eigenvalue weighted by atomic mass is 9.93. The number of nitrogens with zero attached hydrogens (tertiary/aromatic N) is 2. The average molecular weight is 496 g/mol. The van der Waals surface area contributed by atoms with Crippen LogP contribution in [0.3, 0.4) is 0 Å². The van der Waals surface area contributed by atoms with Crippen molar-refractivity contribution < 1.29 is 18.3 Å². The molecule has 5 nitrogen and oxygen atoms in total. The largest absolute Gasteiger partial charge is 0.401 e. The summed E-state index contributed by atoms with van der Waals surface area (Å²) in [6.07, 6.45) is -0.409. The molecule has 0 aliphatic rings. The smallest absolute Gasteiger partial charge is 0.388 e. The Bertz CT molecular complexity index is 376. The topological polar surface area (TPSA) is 59.9 Å². The highest BCUT2D eigenvalue weighted by molar-refractivity contribution is 14.0. The van der Waals surface area contributed by atoms with Gasteiger partial charge >= 0.3 is 6.18 Å². The maximum Gasteiger partial charge on any atom is 0.401 e. The molecule has 0 aromatic heterocycles. The number of nitrogens with one attached hydrogen (secondary N) is 2. The fraction of sp³-hybridized carbons (Fsp3) is 0.941. The van der Waals surface area contributed by atoms with Gasteiger partial charge < -0.3 is 15.7 Å². The van der Waals surface area contributed by atoms with E-state index in [-0.39, 0.29) is 24.0 Å². The van der Waals surface area contributed by atoms with E-state index in [1.54, 1.807) is 0 Å². The van der Waals surface area contributed by atoms with Crippen LogP contribution < -0.4 is 10.6 Å². The predicted molar refractivity (Wildman–Crippen MR) is 112 cm³/mol. The molecule has 0 saturated heterocycles. The molecule has 0 aromatic rings. The molecule has 0 saturated carbocycles. The molecule has 158 valence electrons. The maximum atomic E-state index is 12.3. The molecule has 0 spiro atoms. The zero-order chi connectivity index (χ0) is 19.3. The van der Waals surface area contributed by atoms with Gasteiger partial charge in [0.25, 0.3) is 0 Å². The zero-order valence-corrected chi connectivity index (χ0v) is 18.8. The molecule has 0 radical (unpaired) electrons. The van der Waals surface area contributed by atoms with Crippen LogP contribution in [0.4, 0.5) is 13.2 Å². The predicted octanol–water partition coefficient (Wildman–Crippen LogP) is 3.38. The Labute approximate surface area is 173 Å². The Morgan fingerprint density at radius 1 is 1.08 bits per heavy atom. The summed E-state index contributed by atoms with van der Waals surface area (Å²) >= 11 is 0. The van der Waals surface area contributed by atoms with Crippen molar-refractivity contribution in [2.24, 2.45) is 4.99 Å². The van der Waals surface area contributed by atoms with Crippen molar-refractivity contribution in [1.82, 2.24) is 15.5 Å². The van der Waals surface area contributed by atoms with Gasteiger partial charge in [-0.25, -0.2) is 0 Å². The molecular weight excluding hydrogens is 460 g/mol. The van der Waals surface area contributed by atoms with Crippen LogP contribution in [0.2, 0.25) is 0 Å². The number of guanidine groups is 1. The van der Waals surface area contributed by atoms with E-state index in [4.69, 9.17) is 0 Å². The number of hydrogen-bond acceptors (Lipinski definition) is 3. The summed E-state index contributed by atoms with van der Waals surface area (Å²) < 4.78 is 36.8. The van der Waals surface area contributed by atoms with E-state index in [0.29, 0.717) is 51.4 Å². The lowest BCUT2D eigenvalue weighted by molar-refractivity contribution is -0.143. The van der Waals surface area contributed by atoms with Crippen molar-refractivity contribution in [2.45, 2.75) is 64.7 Å². The van der Waals surface area contributed by atoms with E-state index in [2.05, 4.69) is 15.6 Å². The first-order valence-electron chi connectivity index (χ1n) is 9.15. The first-order valence-corrected chi connectivity index (χ1v) is 9.15. The van der Waals surface area contributed by atoms with Crippen molar-refractivity contribution in [3.8, 4) is 0 Å². The summed E-state index contributed by atoms with van der Waals surface area (Å²) in [5, 5.41) is 16.8. The van der Waals surface area contributed by atoms with Gasteiger partial charge in [-0.3, -0.25) is 9.89 Å². The Morgan fingerprint density at radius 3 is 2.12 bits per heavy atom. The Balaban J connectivity index is 0. The van der Waals surface area contributed by atoms with E-state index in [9.17, 15) is 18.3 Å². The van der Waals surface area contributed by atoms with Gasteiger partial charge in [-0.05, 0) is 39.8 Å². The van der Waals surface area contributed by atoms with Gasteiger partial charge in [0.05, 0.1) is 18.7 Å². The summed E-state index contributed by atoms with van der Waals surface area (Å²) in [6, 6.07) is 0. The van der Waals surface area contributed by atoms with E-state index < -0.39 is 18.3 Å². The molecule has 0 aliphatic heterocycles. The second kappa shape index (κ2) is 14.7. The number of hydrogen-bond donors (Lipinski definition) is 3. The Kier molecular flexibility index (Phi) is 15.8. The quantitative estimate of drug-likeness (QED) is 0.168. The number of aliphatic imine (C=N–C) groups is 1. The summed E-state index contributed by atoms with van der Waals surface area (Å²) in [4.78, 5) is 5.71. The van der Waals surface area contributed by atoms with Crippen LogP contribution in [0, 0.1) is 0 Å². The zero-order valence-electron chi connectivity index (χ0n) is 16.5. The van der Waals surface area contributed by atoms with Crippen LogP contribution in [0.1, 0.15) is 52.9 Å². The average Bonchev–Trinajstić information content (AvgIpc) is 2.48. The second-order valence-electron chi connectivity index (χ2n) is 6.55. The highest BCUT2D eigenvalue weighted by Gasteiger charge is 2.28. The lowest BCUT2D eigenvalue weighted by Crippen LogP contribution is -2.41. The molecule has 0 atom stereocenters. The van der Waals surface area contributed by atoms with Crippen molar-refractivity contribution in [1.29, 1.82) is 0 Å². The minimum atomic E-state index is -4.17. The minimum absolute atomic E-state index is 0. The molecule has 0 aliphatic carbocycles. The fourth-order valence-electron chi connectivity index (χ4n) is 2.72. The number of rotatable bonds is 12. The van der Waals surface area contributed by atoms with Crippen LogP contribution in [0.15, 0.2) is 4.99 Å². The molecule has 0 fully saturated rings. The first-order chi connectivity index (χ1) is 11.7. The van der Waals surface area contributed by atoms with Crippen LogP contribution in [0.5, 0.6) is 0 Å². The van der Waals surface area contributed by atoms with Crippen LogP contribution in [-0.4, -0.2) is 67.5 Å². The van der Waals surface area contributed by atoms with Crippen molar-refractivity contribution in [3.05, 3.63) is 0 Å². The van der Waals surface area contributed by atoms with Gasteiger partial charge in [0.1, 0.15) is 0 Å². The van der Waals surface area contributed by atoms with Crippen LogP contribution in [-0.2, 0) is 0 Å².